The van der Waals surface area contributed by atoms with Crippen molar-refractivity contribution in [3.63, 3.8) is 0 Å². The van der Waals surface area contributed by atoms with E-state index in [4.69, 9.17) is 0 Å². The van der Waals surface area contributed by atoms with Gasteiger partial charge in [-0.25, -0.2) is 4.79 Å². The second kappa shape index (κ2) is 11.0. The Morgan fingerprint density at radius 2 is 1.87 bits per heavy atom. The number of thiophene rings is 1. The van der Waals surface area contributed by atoms with E-state index in [0.29, 0.717) is 17.1 Å². The lowest BCUT2D eigenvalue weighted by molar-refractivity contribution is -0.181. The van der Waals surface area contributed by atoms with Gasteiger partial charge in [0.2, 0.25) is 0 Å². The number of hydrogen-bond donors (Lipinski definition) is 2. The Bertz CT molecular complexity index is 1230. The fourth-order valence-electron chi connectivity index (χ4n) is 5.23. The fourth-order valence-corrected chi connectivity index (χ4v) is 5.96. The fraction of sp³-hybridized carbons (Fsp3) is 0.429. The molecule has 1 aliphatic rings. The first-order valence-corrected chi connectivity index (χ1v) is 13.3. The molecule has 2 N–H and O–H groups in total. The van der Waals surface area contributed by atoms with Gasteiger partial charge in [-0.2, -0.15) is 17.6 Å². The number of pyridine rings is 1. The summed E-state index contributed by atoms with van der Waals surface area (Å²) in [6.07, 6.45) is -2.29. The molecule has 1 aromatic carbocycles. The van der Waals surface area contributed by atoms with E-state index in [2.05, 4.69) is 15.6 Å². The zero-order chi connectivity index (χ0) is 27.6. The number of nitrogens with one attached hydrogen (secondary N) is 2. The molecule has 5 nitrogen and oxygen atoms in total. The molecule has 2 amide bonds. The predicted octanol–water partition coefficient (Wildman–Crippen LogP) is 6.90. The molecule has 1 saturated heterocycles. The number of hydrogen-bond acceptors (Lipinski definition) is 4. The number of rotatable bonds is 8. The van der Waals surface area contributed by atoms with Crippen LogP contribution in [-0.4, -0.2) is 41.2 Å². The second-order valence-corrected chi connectivity index (χ2v) is 11.5. The third-order valence-electron chi connectivity index (χ3n) is 7.54. The van der Waals surface area contributed by atoms with Crippen LogP contribution in [0.1, 0.15) is 42.8 Å². The number of nitrogens with zero attached hydrogens (tertiary/aromatic N) is 2. The third kappa shape index (κ3) is 6.35. The number of benzene rings is 1. The number of halogens is 4. The maximum Gasteiger partial charge on any atom is 0.409 e. The van der Waals surface area contributed by atoms with Gasteiger partial charge in [0.05, 0.1) is 0 Å². The van der Waals surface area contributed by atoms with Crippen LogP contribution in [-0.2, 0) is 12.0 Å². The van der Waals surface area contributed by atoms with Crippen molar-refractivity contribution >= 4 is 23.1 Å². The number of aromatic nitrogens is 1. The molecule has 2 aromatic heterocycles. The van der Waals surface area contributed by atoms with Gasteiger partial charge < -0.3 is 10.6 Å². The molecule has 0 radical (unpaired) electrons. The lowest BCUT2D eigenvalue weighted by Gasteiger charge is -2.42. The summed E-state index contributed by atoms with van der Waals surface area (Å²) in [6, 6.07) is 12.1. The van der Waals surface area contributed by atoms with Crippen LogP contribution in [0.5, 0.6) is 0 Å². The van der Waals surface area contributed by atoms with E-state index >= 15 is 0 Å². The summed E-state index contributed by atoms with van der Waals surface area (Å²) in [5.74, 6) is 0. The van der Waals surface area contributed by atoms with E-state index in [1.807, 2.05) is 37.8 Å². The van der Waals surface area contributed by atoms with Gasteiger partial charge in [0.1, 0.15) is 6.04 Å². The molecule has 4 rings (SSSR count). The minimum absolute atomic E-state index is 0.109. The minimum atomic E-state index is -4.69. The van der Waals surface area contributed by atoms with Crippen LogP contribution in [0.25, 0.3) is 0 Å². The van der Waals surface area contributed by atoms with E-state index in [9.17, 15) is 22.4 Å². The van der Waals surface area contributed by atoms with Crippen LogP contribution in [0.15, 0.2) is 60.8 Å². The van der Waals surface area contributed by atoms with Gasteiger partial charge in [-0.15, -0.1) is 11.3 Å². The Kier molecular flexibility index (Phi) is 8.13. The number of para-hydroxylation sites is 1. The Morgan fingerprint density at radius 3 is 2.47 bits per heavy atom. The summed E-state index contributed by atoms with van der Waals surface area (Å²) < 4.78 is 57.8. The number of likely N-dealkylation sites (tertiary alicyclic amines) is 1. The topological polar surface area (TPSA) is 57.3 Å². The van der Waals surface area contributed by atoms with Gasteiger partial charge in [0.15, 0.2) is 5.13 Å². The highest BCUT2D eigenvalue weighted by Crippen LogP contribution is 2.48. The van der Waals surface area contributed by atoms with Crippen LogP contribution >= 0.6 is 11.3 Å². The maximum atomic E-state index is 14.7. The summed E-state index contributed by atoms with van der Waals surface area (Å²) in [4.78, 5) is 19.9. The standard InChI is InChI=1S/C28H32F4N4OS/c1-19-9-10-20(17-33-19)26(2,3)36-16-15-27(18-36,14-13-22-11-12-23(29)38-22)24(28(30,31)32)35-25(37)34-21-7-5-4-6-8-21/h4-12,17,24H,13-16,18H2,1-3H3,(H2,34,35,37)/t24-,27-/m1/s1. The van der Waals surface area contributed by atoms with Crippen LogP contribution in [0.2, 0.25) is 0 Å². The number of aryl methyl sites for hydroxylation is 2. The Morgan fingerprint density at radius 1 is 1.13 bits per heavy atom. The zero-order valence-corrected chi connectivity index (χ0v) is 22.4. The Hall–Kier alpha value is -2.98. The first-order valence-electron chi connectivity index (χ1n) is 12.5. The number of carbonyl (C=O) groups is 1. The van der Waals surface area contributed by atoms with Gasteiger partial charge in [-0.1, -0.05) is 24.3 Å². The molecular formula is C28H32F4N4OS. The smallest absolute Gasteiger partial charge is 0.325 e. The van der Waals surface area contributed by atoms with Crippen molar-refractivity contribution in [2.75, 3.05) is 18.4 Å². The molecule has 0 spiro atoms. The summed E-state index contributed by atoms with van der Waals surface area (Å²) in [5, 5.41) is 4.41. The van der Waals surface area contributed by atoms with Crippen molar-refractivity contribution in [1.29, 1.82) is 0 Å². The average molecular weight is 549 g/mol. The lowest BCUT2D eigenvalue weighted by atomic mass is 9.74. The molecule has 0 bridgehead atoms. The van der Waals surface area contributed by atoms with E-state index in [1.165, 1.54) is 6.07 Å². The van der Waals surface area contributed by atoms with Crippen LogP contribution < -0.4 is 10.6 Å². The van der Waals surface area contributed by atoms with Gasteiger partial charge in [-0.05, 0) is 82.5 Å². The highest BCUT2D eigenvalue weighted by Gasteiger charge is 2.57. The summed E-state index contributed by atoms with van der Waals surface area (Å²) in [5.41, 5.74) is 0.254. The van der Waals surface area contributed by atoms with E-state index < -0.39 is 29.2 Å². The monoisotopic (exact) mass is 548 g/mol. The van der Waals surface area contributed by atoms with Crippen molar-refractivity contribution in [2.45, 2.75) is 57.8 Å². The zero-order valence-electron chi connectivity index (χ0n) is 21.6. The average Bonchev–Trinajstić information content (AvgIpc) is 3.49. The number of urea groups is 1. The van der Waals surface area contributed by atoms with Crippen molar-refractivity contribution in [2.24, 2.45) is 5.41 Å². The molecule has 0 unspecified atom stereocenters. The molecule has 10 heteroatoms. The summed E-state index contributed by atoms with van der Waals surface area (Å²) in [6.45, 7) is 6.35. The molecule has 1 aliphatic heterocycles. The maximum absolute atomic E-state index is 14.7. The van der Waals surface area contributed by atoms with Crippen molar-refractivity contribution in [1.82, 2.24) is 15.2 Å². The number of alkyl halides is 3. The largest absolute Gasteiger partial charge is 0.409 e. The van der Waals surface area contributed by atoms with E-state index in [0.717, 1.165) is 22.6 Å². The first kappa shape index (κ1) is 28.0. The SMILES string of the molecule is Cc1ccc(C(C)(C)N2CC[C@@](CCc3ccc(F)s3)([C@@H](NC(=O)Nc3ccccc3)C(F)(F)F)C2)cn1. The van der Waals surface area contributed by atoms with Crippen molar-refractivity contribution in [3.05, 3.63) is 82.1 Å². The van der Waals surface area contributed by atoms with Crippen molar-refractivity contribution < 1.29 is 22.4 Å². The normalized spacial score (nSPS) is 19.3. The molecule has 0 saturated carbocycles. The number of carbonyl (C=O) groups excluding carboxylic acids is 1. The molecule has 38 heavy (non-hydrogen) atoms. The van der Waals surface area contributed by atoms with E-state index in [-0.39, 0.29) is 30.9 Å². The second-order valence-electron chi connectivity index (χ2n) is 10.4. The van der Waals surface area contributed by atoms with Gasteiger partial charge in [0, 0.05) is 40.0 Å². The third-order valence-corrected chi connectivity index (χ3v) is 8.47. The highest BCUT2D eigenvalue weighted by molar-refractivity contribution is 7.10. The van der Waals surface area contributed by atoms with Crippen LogP contribution in [0.4, 0.5) is 28.0 Å². The molecule has 3 aromatic rings. The van der Waals surface area contributed by atoms with Crippen molar-refractivity contribution in [3.8, 4) is 0 Å². The van der Waals surface area contributed by atoms with Gasteiger partial charge >= 0.3 is 12.2 Å². The van der Waals surface area contributed by atoms with E-state index in [1.54, 1.807) is 42.6 Å². The lowest BCUT2D eigenvalue weighted by Crippen LogP contribution is -2.58. The molecular weight excluding hydrogens is 516 g/mol. The predicted molar refractivity (Wildman–Crippen MR) is 142 cm³/mol. The molecule has 0 aliphatic carbocycles. The Labute approximate surface area is 224 Å². The molecule has 3 heterocycles. The summed E-state index contributed by atoms with van der Waals surface area (Å²) in [7, 11) is 0. The van der Waals surface area contributed by atoms with Gasteiger partial charge in [0.25, 0.3) is 0 Å². The summed E-state index contributed by atoms with van der Waals surface area (Å²) >= 11 is 0.940. The molecule has 2 atom stereocenters. The van der Waals surface area contributed by atoms with Crippen LogP contribution in [0, 0.1) is 17.5 Å². The number of amides is 2. The quantitative estimate of drug-likeness (QED) is 0.301. The minimum Gasteiger partial charge on any atom is -0.325 e. The van der Waals surface area contributed by atoms with Crippen LogP contribution in [0.3, 0.4) is 0 Å². The number of anilines is 1. The Balaban J connectivity index is 1.63. The first-order chi connectivity index (χ1) is 17.9. The molecule has 204 valence electrons. The van der Waals surface area contributed by atoms with Gasteiger partial charge in [-0.3, -0.25) is 9.88 Å². The highest BCUT2D eigenvalue weighted by atomic mass is 32.1. The molecule has 1 fully saturated rings.